The number of carbonyl (C=O) groups is 2. The van der Waals surface area contributed by atoms with E-state index in [9.17, 15) is 27.9 Å². The predicted octanol–water partition coefficient (Wildman–Crippen LogP) is 6.86. The van der Waals surface area contributed by atoms with Gasteiger partial charge < -0.3 is 19.6 Å². The number of hydrogen-bond acceptors (Lipinski definition) is 5. The Balaban J connectivity index is 1.31. The van der Waals surface area contributed by atoms with Crippen LogP contribution in [0.2, 0.25) is 0 Å². The van der Waals surface area contributed by atoms with E-state index in [4.69, 9.17) is 4.74 Å². The minimum Gasteiger partial charge on any atom is -0.497 e. The Labute approximate surface area is 278 Å². The second-order valence-electron chi connectivity index (χ2n) is 14.0. The number of carboxylic acid groups (broad SMARTS) is 1. The van der Waals surface area contributed by atoms with Gasteiger partial charge in [-0.1, -0.05) is 38.3 Å². The van der Waals surface area contributed by atoms with E-state index in [1.165, 1.54) is 30.2 Å². The number of amides is 1. The van der Waals surface area contributed by atoms with Gasteiger partial charge in [-0.15, -0.1) is 0 Å². The number of aliphatic carboxylic acids is 1. The van der Waals surface area contributed by atoms with E-state index >= 15 is 8.78 Å². The van der Waals surface area contributed by atoms with Crippen molar-refractivity contribution in [2.45, 2.75) is 81.6 Å². The van der Waals surface area contributed by atoms with Crippen molar-refractivity contribution >= 4 is 17.6 Å². The minimum atomic E-state index is -4.57. The van der Waals surface area contributed by atoms with E-state index < -0.39 is 46.9 Å². The van der Waals surface area contributed by atoms with Crippen molar-refractivity contribution in [2.24, 2.45) is 11.8 Å². The lowest BCUT2D eigenvalue weighted by molar-refractivity contribution is -0.143. The molecule has 1 aliphatic carbocycles. The smallest absolute Gasteiger partial charge is 0.416 e. The zero-order valence-electron chi connectivity index (χ0n) is 27.4. The summed E-state index contributed by atoms with van der Waals surface area (Å²) in [5, 5.41) is 9.47. The zero-order valence-corrected chi connectivity index (χ0v) is 27.4. The maximum Gasteiger partial charge on any atom is 0.416 e. The quantitative estimate of drug-likeness (QED) is 0.308. The van der Waals surface area contributed by atoms with Crippen molar-refractivity contribution in [3.63, 3.8) is 0 Å². The highest BCUT2D eigenvalue weighted by molar-refractivity contribution is 5.88. The molecule has 0 aromatic heterocycles. The molecule has 0 spiro atoms. The molecule has 3 aliphatic heterocycles. The molecule has 7 nitrogen and oxygen atoms in total. The number of alkyl halides is 4. The van der Waals surface area contributed by atoms with E-state index in [0.717, 1.165) is 37.8 Å². The number of piperidine rings is 1. The summed E-state index contributed by atoms with van der Waals surface area (Å²) in [7, 11) is 1.42. The lowest BCUT2D eigenvalue weighted by Gasteiger charge is -2.35. The van der Waals surface area contributed by atoms with Gasteiger partial charge in [0.25, 0.3) is 5.91 Å². The van der Waals surface area contributed by atoms with Crippen LogP contribution in [0, 0.1) is 17.7 Å². The molecule has 262 valence electrons. The molecule has 2 aromatic carbocycles. The minimum absolute atomic E-state index is 0.119. The molecule has 4 fully saturated rings. The van der Waals surface area contributed by atoms with Crippen molar-refractivity contribution in [3.8, 4) is 5.75 Å². The number of nitrogens with zero attached hydrogens (tertiary/aromatic N) is 3. The van der Waals surface area contributed by atoms with Crippen molar-refractivity contribution < 1.29 is 41.4 Å². The van der Waals surface area contributed by atoms with Gasteiger partial charge in [-0.3, -0.25) is 14.5 Å². The Morgan fingerprint density at radius 2 is 1.67 bits per heavy atom. The molecular weight excluding hydrogens is 633 g/mol. The fourth-order valence-corrected chi connectivity index (χ4v) is 8.62. The summed E-state index contributed by atoms with van der Waals surface area (Å²) in [6.45, 7) is 2.94. The van der Waals surface area contributed by atoms with E-state index in [1.807, 2.05) is 16.7 Å². The van der Waals surface area contributed by atoms with Gasteiger partial charge in [0.1, 0.15) is 11.6 Å². The van der Waals surface area contributed by atoms with Crippen LogP contribution in [-0.2, 0) is 15.8 Å². The first kappa shape index (κ1) is 34.5. The van der Waals surface area contributed by atoms with Crippen LogP contribution >= 0.6 is 0 Å². The number of carbonyl (C=O) groups excluding carboxylic acids is 1. The number of carboxylic acids is 1. The number of likely N-dealkylation sites (tertiary alicyclic amines) is 2. The highest BCUT2D eigenvalue weighted by Gasteiger charge is 2.58. The van der Waals surface area contributed by atoms with Crippen LogP contribution in [0.5, 0.6) is 5.75 Å². The molecule has 0 unspecified atom stereocenters. The van der Waals surface area contributed by atoms with E-state index in [1.54, 1.807) is 6.07 Å². The molecule has 0 radical (unpaired) electrons. The maximum absolute atomic E-state index is 17.6. The Morgan fingerprint density at radius 3 is 2.27 bits per heavy atom. The molecule has 1 amide bonds. The molecular formula is C36H44F5N3O4. The highest BCUT2D eigenvalue weighted by Crippen LogP contribution is 2.48. The molecule has 2 aromatic rings. The third-order valence-electron chi connectivity index (χ3n) is 11.4. The van der Waals surface area contributed by atoms with Crippen molar-refractivity contribution in [3.05, 3.63) is 58.9 Å². The normalized spacial score (nSPS) is 27.6. The van der Waals surface area contributed by atoms with Crippen molar-refractivity contribution in [1.82, 2.24) is 9.80 Å². The summed E-state index contributed by atoms with van der Waals surface area (Å²) < 4.78 is 79.9. The van der Waals surface area contributed by atoms with Gasteiger partial charge in [-0.05, 0) is 60.9 Å². The Morgan fingerprint density at radius 1 is 0.979 bits per heavy atom. The second kappa shape index (κ2) is 13.5. The number of anilines is 1. The van der Waals surface area contributed by atoms with Crippen molar-refractivity contribution in [1.29, 1.82) is 0 Å². The molecule has 12 heteroatoms. The number of ether oxygens (including phenoxy) is 1. The van der Waals surface area contributed by atoms with Gasteiger partial charge >= 0.3 is 12.1 Å². The molecule has 48 heavy (non-hydrogen) atoms. The standard InChI is InChI=1S/C36H44F5N3O4/c1-3-22-18-43(19-29(22)27-10-8-24(36(39,40)41)16-32(27)42-14-12-23(13-15-42)33(45)46)34(47)35(38)21-44(25-6-4-5-7-25)20-30(35)28-11-9-26(48-2)17-31(28)37/h8-11,16-17,22-23,25,29-30H,3-7,12-15,18-21H2,1-2H3,(H,45,46)/t22-,29-,30-,35-/m0/s1. The molecule has 3 heterocycles. The van der Waals surface area contributed by atoms with Crippen LogP contribution in [0.25, 0.3) is 0 Å². The van der Waals surface area contributed by atoms with Crippen LogP contribution < -0.4 is 9.64 Å². The number of benzene rings is 2. The van der Waals surface area contributed by atoms with E-state index in [0.29, 0.717) is 36.3 Å². The topological polar surface area (TPSA) is 73.3 Å². The molecule has 1 saturated carbocycles. The van der Waals surface area contributed by atoms with Gasteiger partial charge in [-0.2, -0.15) is 13.2 Å². The van der Waals surface area contributed by atoms with Gasteiger partial charge in [0.05, 0.1) is 18.6 Å². The zero-order chi connectivity index (χ0) is 34.4. The third-order valence-corrected chi connectivity index (χ3v) is 11.4. The number of methoxy groups -OCH3 is 1. The largest absolute Gasteiger partial charge is 0.497 e. The first-order chi connectivity index (χ1) is 22.8. The molecule has 1 N–H and O–H groups in total. The summed E-state index contributed by atoms with van der Waals surface area (Å²) in [5.74, 6) is -4.06. The van der Waals surface area contributed by atoms with Gasteiger partial charge in [0.2, 0.25) is 5.67 Å². The van der Waals surface area contributed by atoms with E-state index in [-0.39, 0.29) is 62.7 Å². The fraction of sp³-hybridized carbons (Fsp3) is 0.611. The average molecular weight is 678 g/mol. The summed E-state index contributed by atoms with van der Waals surface area (Å²) in [6.07, 6.45) is 0.481. The Bertz CT molecular complexity index is 1510. The molecule has 3 saturated heterocycles. The molecule has 0 bridgehead atoms. The number of halogens is 5. The lowest BCUT2D eigenvalue weighted by Crippen LogP contribution is -2.50. The highest BCUT2D eigenvalue weighted by atomic mass is 19.4. The van der Waals surface area contributed by atoms with Crippen LogP contribution in [-0.4, -0.2) is 84.9 Å². The lowest BCUT2D eigenvalue weighted by atomic mass is 9.84. The average Bonchev–Trinajstić information content (AvgIpc) is 3.83. The molecule has 4 aliphatic rings. The number of hydrogen-bond donors (Lipinski definition) is 1. The summed E-state index contributed by atoms with van der Waals surface area (Å²) in [4.78, 5) is 31.3. The van der Waals surface area contributed by atoms with Gasteiger partial charge in [-0.25, -0.2) is 8.78 Å². The van der Waals surface area contributed by atoms with Gasteiger partial charge in [0, 0.05) is 68.9 Å². The third kappa shape index (κ3) is 6.48. The predicted molar refractivity (Wildman–Crippen MR) is 170 cm³/mol. The van der Waals surface area contributed by atoms with Crippen LogP contribution in [0.3, 0.4) is 0 Å². The second-order valence-corrected chi connectivity index (χ2v) is 14.0. The fourth-order valence-electron chi connectivity index (χ4n) is 8.62. The van der Waals surface area contributed by atoms with Crippen LogP contribution in [0.15, 0.2) is 36.4 Å². The van der Waals surface area contributed by atoms with Gasteiger partial charge in [0.15, 0.2) is 0 Å². The molecule has 6 rings (SSSR count). The Kier molecular flexibility index (Phi) is 9.67. The first-order valence-electron chi connectivity index (χ1n) is 17.1. The Hall–Kier alpha value is -3.41. The first-order valence-corrected chi connectivity index (χ1v) is 17.1. The summed E-state index contributed by atoms with van der Waals surface area (Å²) >= 11 is 0. The maximum atomic E-state index is 17.6. The summed E-state index contributed by atoms with van der Waals surface area (Å²) in [6, 6.07) is 8.06. The van der Waals surface area contributed by atoms with Crippen LogP contribution in [0.1, 0.15) is 80.4 Å². The number of rotatable bonds is 8. The monoisotopic (exact) mass is 677 g/mol. The van der Waals surface area contributed by atoms with Crippen LogP contribution in [0.4, 0.5) is 27.6 Å². The summed E-state index contributed by atoms with van der Waals surface area (Å²) in [5.41, 5.74) is -2.04. The SMILES string of the molecule is CC[C@H]1CN(C(=O)[C@]2(F)CN(C3CCCC3)C[C@H]2c2ccc(OC)cc2F)C[C@@H]1c1ccc(C(F)(F)F)cc1N1CCC(C(=O)O)CC1. The molecule has 4 atom stereocenters. The van der Waals surface area contributed by atoms with E-state index in [2.05, 4.69) is 0 Å². The van der Waals surface area contributed by atoms with Crippen molar-refractivity contribution in [2.75, 3.05) is 51.3 Å².